The van der Waals surface area contributed by atoms with Gasteiger partial charge in [-0.05, 0) is 34.2 Å². The van der Waals surface area contributed by atoms with Crippen LogP contribution in [0, 0.1) is 3.70 Å². The van der Waals surface area contributed by atoms with Crippen LogP contribution >= 0.6 is 22.6 Å². The molecule has 0 atom stereocenters. The topological polar surface area (TPSA) is 48.4 Å². The van der Waals surface area contributed by atoms with E-state index < -0.39 is 30.4 Å². The van der Waals surface area contributed by atoms with E-state index in [2.05, 4.69) is 14.5 Å². The van der Waals surface area contributed by atoms with Crippen LogP contribution < -0.4 is 4.74 Å². The van der Waals surface area contributed by atoms with Crippen LogP contribution in [0.3, 0.4) is 0 Å². The minimum Gasteiger partial charge on any atom is -0.469 e. The minimum atomic E-state index is -4.96. The van der Waals surface area contributed by atoms with Crippen LogP contribution in [-0.4, -0.2) is 24.4 Å². The van der Waals surface area contributed by atoms with E-state index in [1.165, 1.54) is 0 Å². The smallest absolute Gasteiger partial charge is 0.469 e. The summed E-state index contributed by atoms with van der Waals surface area (Å²) in [6, 6.07) is 0.939. The van der Waals surface area contributed by atoms with Crippen LogP contribution in [0.4, 0.5) is 17.6 Å². The summed E-state index contributed by atoms with van der Waals surface area (Å²) in [4.78, 5) is 14.7. The van der Waals surface area contributed by atoms with Crippen LogP contribution in [0.15, 0.2) is 6.07 Å². The number of alkyl halides is 4. The normalized spacial score (nSPS) is 11.3. The third-order valence-corrected chi connectivity index (χ3v) is 2.94. The van der Waals surface area contributed by atoms with Crippen molar-refractivity contribution >= 4 is 28.6 Å². The maximum Gasteiger partial charge on any atom is 0.573 e. The molecule has 9 heteroatoms. The van der Waals surface area contributed by atoms with Crippen molar-refractivity contribution in [2.24, 2.45) is 0 Å². The van der Waals surface area contributed by atoms with Crippen LogP contribution in [-0.2, 0) is 22.6 Å². The van der Waals surface area contributed by atoms with E-state index in [0.29, 0.717) is 0 Å². The van der Waals surface area contributed by atoms with Gasteiger partial charge in [0.1, 0.15) is 16.1 Å². The van der Waals surface area contributed by atoms with Crippen LogP contribution in [0.5, 0.6) is 5.75 Å². The number of methoxy groups -OCH3 is 1. The van der Waals surface area contributed by atoms with E-state index in [4.69, 9.17) is 0 Å². The van der Waals surface area contributed by atoms with E-state index in [9.17, 15) is 22.4 Å². The Kier molecular flexibility index (Phi) is 5.32. The molecule has 0 fully saturated rings. The highest BCUT2D eigenvalue weighted by Gasteiger charge is 2.33. The Balaban J connectivity index is 3.14. The van der Waals surface area contributed by atoms with Crippen LogP contribution in [0.1, 0.15) is 11.3 Å². The molecule has 4 nitrogen and oxygen atoms in total. The number of hydrogen-bond donors (Lipinski definition) is 0. The van der Waals surface area contributed by atoms with Gasteiger partial charge in [0.25, 0.3) is 0 Å². The lowest BCUT2D eigenvalue weighted by molar-refractivity contribution is -0.275. The highest BCUT2D eigenvalue weighted by molar-refractivity contribution is 14.1. The number of hydrogen-bond acceptors (Lipinski definition) is 4. The summed E-state index contributed by atoms with van der Waals surface area (Å²) in [6.45, 7) is -1.21. The van der Waals surface area contributed by atoms with Crippen molar-refractivity contribution < 1.29 is 31.8 Å². The first-order valence-electron chi connectivity index (χ1n) is 4.83. The van der Waals surface area contributed by atoms with Crippen molar-refractivity contribution in [1.82, 2.24) is 4.98 Å². The summed E-state index contributed by atoms with van der Waals surface area (Å²) in [5.41, 5.74) is -0.306. The van der Waals surface area contributed by atoms with Gasteiger partial charge in [-0.2, -0.15) is 0 Å². The number of pyridine rings is 1. The molecule has 0 amide bonds. The molecule has 0 aromatic carbocycles. The zero-order valence-corrected chi connectivity index (χ0v) is 11.7. The van der Waals surface area contributed by atoms with Crippen molar-refractivity contribution in [2.45, 2.75) is 19.5 Å². The molecule has 106 valence electrons. The average Bonchev–Trinajstić information content (AvgIpc) is 2.30. The van der Waals surface area contributed by atoms with E-state index >= 15 is 0 Å². The molecule has 0 aliphatic carbocycles. The highest BCUT2D eigenvalue weighted by atomic mass is 127. The van der Waals surface area contributed by atoms with E-state index in [1.54, 1.807) is 22.6 Å². The molecule has 0 spiro atoms. The third kappa shape index (κ3) is 4.80. The number of ether oxygens (including phenoxy) is 2. The molecular formula is C10H8F4INO3. The molecule has 1 rings (SSSR count). The summed E-state index contributed by atoms with van der Waals surface area (Å²) in [7, 11) is 1.14. The van der Waals surface area contributed by atoms with E-state index in [1.807, 2.05) is 0 Å². The molecule has 0 radical (unpaired) electrons. The number of carbonyl (C=O) groups is 1. The summed E-state index contributed by atoms with van der Waals surface area (Å²) in [5.74, 6) is -1.40. The Hall–Kier alpha value is -1.13. The first-order chi connectivity index (χ1) is 8.76. The van der Waals surface area contributed by atoms with E-state index in [0.717, 1.165) is 13.2 Å². The number of nitrogens with zero attached hydrogens (tertiary/aromatic N) is 1. The molecule has 1 heterocycles. The second kappa shape index (κ2) is 6.35. The molecule has 1 aromatic rings. The first kappa shape index (κ1) is 15.9. The van der Waals surface area contributed by atoms with Crippen molar-refractivity contribution in [3.63, 3.8) is 0 Å². The Morgan fingerprint density at radius 2 is 2.11 bits per heavy atom. The molecule has 0 saturated carbocycles. The fourth-order valence-corrected chi connectivity index (χ4v) is 1.84. The number of halogens is 5. The SMILES string of the molecule is COC(=O)Cc1cc(OC(F)(F)F)c(CF)nc1I. The largest absolute Gasteiger partial charge is 0.573 e. The fourth-order valence-electron chi connectivity index (χ4n) is 1.21. The van der Waals surface area contributed by atoms with Crippen LogP contribution in [0.25, 0.3) is 0 Å². The van der Waals surface area contributed by atoms with Gasteiger partial charge in [-0.25, -0.2) is 9.37 Å². The van der Waals surface area contributed by atoms with Gasteiger partial charge in [-0.3, -0.25) is 4.79 Å². The van der Waals surface area contributed by atoms with Gasteiger partial charge < -0.3 is 9.47 Å². The molecule has 0 N–H and O–H groups in total. The van der Waals surface area contributed by atoms with Gasteiger partial charge in [0.05, 0.1) is 13.5 Å². The summed E-state index contributed by atoms with van der Waals surface area (Å²) >= 11 is 1.69. The lowest BCUT2D eigenvalue weighted by atomic mass is 10.2. The van der Waals surface area contributed by atoms with Gasteiger partial charge in [0, 0.05) is 0 Å². The first-order valence-corrected chi connectivity index (χ1v) is 5.91. The summed E-state index contributed by atoms with van der Waals surface area (Å²) < 4.78 is 57.3. The van der Waals surface area contributed by atoms with Crippen molar-refractivity contribution in [3.05, 3.63) is 21.0 Å². The standard InChI is InChI=1S/C10H8F4INO3/c1-18-8(17)3-5-2-7(19-10(12,13)14)6(4-11)16-9(5)15/h2H,3-4H2,1H3. The number of esters is 1. The lowest BCUT2D eigenvalue weighted by Gasteiger charge is -2.13. The van der Waals surface area contributed by atoms with Crippen molar-refractivity contribution in [3.8, 4) is 5.75 Å². The molecule has 0 aliphatic rings. The van der Waals surface area contributed by atoms with Gasteiger partial charge in [0.15, 0.2) is 5.75 Å². The molecule has 0 saturated heterocycles. The lowest BCUT2D eigenvalue weighted by Crippen LogP contribution is -2.19. The maximum absolute atomic E-state index is 12.6. The molecular weight excluding hydrogens is 385 g/mol. The summed E-state index contributed by atoms with van der Waals surface area (Å²) in [5, 5.41) is 0. The molecule has 0 aliphatic heterocycles. The molecule has 0 bridgehead atoms. The number of carbonyl (C=O) groups excluding carboxylic acids is 1. The predicted molar refractivity (Wildman–Crippen MR) is 64.2 cm³/mol. The Labute approximate surface area is 119 Å². The average molecular weight is 393 g/mol. The molecule has 0 unspecified atom stereocenters. The number of rotatable bonds is 4. The zero-order chi connectivity index (χ0) is 14.6. The van der Waals surface area contributed by atoms with Gasteiger partial charge >= 0.3 is 12.3 Å². The van der Waals surface area contributed by atoms with Gasteiger partial charge in [0.2, 0.25) is 0 Å². The second-order valence-corrected chi connectivity index (χ2v) is 4.34. The van der Waals surface area contributed by atoms with Crippen molar-refractivity contribution in [1.29, 1.82) is 0 Å². The van der Waals surface area contributed by atoms with Crippen molar-refractivity contribution in [2.75, 3.05) is 7.11 Å². The highest BCUT2D eigenvalue weighted by Crippen LogP contribution is 2.29. The van der Waals surface area contributed by atoms with Gasteiger partial charge in [-0.1, -0.05) is 0 Å². The maximum atomic E-state index is 12.6. The number of aromatic nitrogens is 1. The third-order valence-electron chi connectivity index (χ3n) is 2.00. The molecule has 19 heavy (non-hydrogen) atoms. The predicted octanol–water partition coefficient (Wildman–Crippen LogP) is 2.77. The molecule has 1 aromatic heterocycles. The monoisotopic (exact) mass is 393 g/mol. The Bertz CT molecular complexity index is 479. The summed E-state index contributed by atoms with van der Waals surface area (Å²) in [6.07, 6.45) is -5.23. The zero-order valence-electron chi connectivity index (χ0n) is 9.55. The Morgan fingerprint density at radius 1 is 1.47 bits per heavy atom. The second-order valence-electron chi connectivity index (χ2n) is 3.32. The fraction of sp³-hybridized carbons (Fsp3) is 0.400. The Morgan fingerprint density at radius 3 is 2.58 bits per heavy atom. The minimum absolute atomic E-state index is 0.170. The van der Waals surface area contributed by atoms with Crippen LogP contribution in [0.2, 0.25) is 0 Å². The van der Waals surface area contributed by atoms with Gasteiger partial charge in [-0.15, -0.1) is 13.2 Å². The van der Waals surface area contributed by atoms with E-state index in [-0.39, 0.29) is 15.7 Å². The quantitative estimate of drug-likeness (QED) is 0.342.